The van der Waals surface area contributed by atoms with Crippen LogP contribution in [0.15, 0.2) is 17.5 Å². The van der Waals surface area contributed by atoms with Crippen molar-refractivity contribution in [3.05, 3.63) is 22.4 Å². The van der Waals surface area contributed by atoms with Crippen molar-refractivity contribution in [2.75, 3.05) is 7.05 Å². The summed E-state index contributed by atoms with van der Waals surface area (Å²) in [6.45, 7) is 0. The van der Waals surface area contributed by atoms with E-state index in [1.807, 2.05) is 18.5 Å². The zero-order valence-corrected chi connectivity index (χ0v) is 10.8. The van der Waals surface area contributed by atoms with Crippen molar-refractivity contribution in [1.82, 2.24) is 10.8 Å². The number of hydroxylamine groups is 1. The Balaban J connectivity index is 1.71. The molecule has 1 saturated carbocycles. The lowest BCUT2D eigenvalue weighted by Gasteiger charge is -2.27. The van der Waals surface area contributed by atoms with Gasteiger partial charge >= 0.3 is 0 Å². The highest BCUT2D eigenvalue weighted by molar-refractivity contribution is 7.12. The summed E-state index contributed by atoms with van der Waals surface area (Å²) in [5.74, 6) is -0.143. The molecule has 0 unspecified atom stereocenters. The van der Waals surface area contributed by atoms with Crippen LogP contribution in [-0.2, 0) is 4.84 Å². The van der Waals surface area contributed by atoms with Gasteiger partial charge in [0, 0.05) is 6.04 Å². The van der Waals surface area contributed by atoms with Crippen LogP contribution in [0.2, 0.25) is 0 Å². The molecule has 4 nitrogen and oxygen atoms in total. The average Bonchev–Trinajstić information content (AvgIpc) is 2.90. The first kappa shape index (κ1) is 12.5. The Bertz CT molecular complexity index is 345. The highest BCUT2D eigenvalue weighted by atomic mass is 32.1. The summed E-state index contributed by atoms with van der Waals surface area (Å²) >= 11 is 1.42. The second kappa shape index (κ2) is 6.14. The minimum Gasteiger partial charge on any atom is -0.317 e. The maximum atomic E-state index is 11.6. The first-order valence-corrected chi connectivity index (χ1v) is 6.84. The minimum atomic E-state index is -0.143. The molecule has 0 bridgehead atoms. The van der Waals surface area contributed by atoms with E-state index in [1.165, 1.54) is 11.3 Å². The molecule has 1 aliphatic rings. The maximum Gasteiger partial charge on any atom is 0.284 e. The SMILES string of the molecule is CNC1CCC(ONC(=O)c2cccs2)CC1. The normalized spacial score (nSPS) is 24.5. The molecule has 94 valence electrons. The van der Waals surface area contributed by atoms with Crippen LogP contribution in [0.3, 0.4) is 0 Å². The van der Waals surface area contributed by atoms with Crippen LogP contribution >= 0.6 is 11.3 Å². The Morgan fingerprint density at radius 3 is 2.76 bits per heavy atom. The summed E-state index contributed by atoms with van der Waals surface area (Å²) in [6, 6.07) is 4.25. The molecule has 2 rings (SSSR count). The fraction of sp³-hybridized carbons (Fsp3) is 0.583. The van der Waals surface area contributed by atoms with Gasteiger partial charge in [0.2, 0.25) is 0 Å². The first-order chi connectivity index (χ1) is 8.29. The maximum absolute atomic E-state index is 11.6. The molecule has 1 aliphatic carbocycles. The third-order valence-electron chi connectivity index (χ3n) is 3.15. The summed E-state index contributed by atoms with van der Waals surface area (Å²) < 4.78 is 0. The predicted molar refractivity (Wildman–Crippen MR) is 68.0 cm³/mol. The molecule has 0 saturated heterocycles. The van der Waals surface area contributed by atoms with Gasteiger partial charge in [-0.2, -0.15) is 0 Å². The van der Waals surface area contributed by atoms with E-state index < -0.39 is 0 Å². The number of hydrogen-bond donors (Lipinski definition) is 2. The molecule has 5 heteroatoms. The van der Waals surface area contributed by atoms with Crippen molar-refractivity contribution >= 4 is 17.2 Å². The van der Waals surface area contributed by atoms with Gasteiger partial charge in [0.25, 0.3) is 5.91 Å². The molecule has 1 aromatic rings. The molecule has 1 heterocycles. The van der Waals surface area contributed by atoms with Crippen LogP contribution in [0.4, 0.5) is 0 Å². The van der Waals surface area contributed by atoms with Gasteiger partial charge in [-0.15, -0.1) is 11.3 Å². The lowest BCUT2D eigenvalue weighted by Crippen LogP contribution is -2.36. The van der Waals surface area contributed by atoms with E-state index >= 15 is 0 Å². The van der Waals surface area contributed by atoms with Gasteiger partial charge in [-0.05, 0) is 44.2 Å². The highest BCUT2D eigenvalue weighted by Crippen LogP contribution is 2.20. The highest BCUT2D eigenvalue weighted by Gasteiger charge is 2.21. The summed E-state index contributed by atoms with van der Waals surface area (Å²) in [5, 5.41) is 5.15. The fourth-order valence-electron chi connectivity index (χ4n) is 2.06. The summed E-state index contributed by atoms with van der Waals surface area (Å²) in [4.78, 5) is 17.8. The van der Waals surface area contributed by atoms with Gasteiger partial charge in [-0.1, -0.05) is 6.07 Å². The second-order valence-corrected chi connectivity index (χ2v) is 5.24. The second-order valence-electron chi connectivity index (χ2n) is 4.29. The Labute approximate surface area is 105 Å². The molecule has 0 spiro atoms. The third kappa shape index (κ3) is 3.52. The minimum absolute atomic E-state index is 0.143. The van der Waals surface area contributed by atoms with Crippen molar-refractivity contribution in [2.45, 2.75) is 37.8 Å². The number of thiophene rings is 1. The topological polar surface area (TPSA) is 50.4 Å². The predicted octanol–water partition coefficient (Wildman–Crippen LogP) is 1.94. The molecule has 1 aromatic heterocycles. The van der Waals surface area contributed by atoms with Crippen LogP contribution in [0.25, 0.3) is 0 Å². The zero-order valence-electron chi connectivity index (χ0n) is 9.94. The number of rotatable bonds is 4. The molecular formula is C12H18N2O2S. The molecule has 1 fully saturated rings. The number of amides is 1. The van der Waals surface area contributed by atoms with E-state index in [1.54, 1.807) is 6.07 Å². The number of carbonyl (C=O) groups excluding carboxylic acids is 1. The smallest absolute Gasteiger partial charge is 0.284 e. The first-order valence-electron chi connectivity index (χ1n) is 5.96. The van der Waals surface area contributed by atoms with Crippen molar-refractivity contribution < 1.29 is 9.63 Å². The standard InChI is InChI=1S/C12H18N2O2S/c1-13-9-4-6-10(7-5-9)16-14-12(15)11-3-2-8-17-11/h2-3,8-10,13H,4-7H2,1H3,(H,14,15). The van der Waals surface area contributed by atoms with E-state index in [2.05, 4.69) is 10.8 Å². The van der Waals surface area contributed by atoms with E-state index in [0.717, 1.165) is 25.7 Å². The van der Waals surface area contributed by atoms with Crippen LogP contribution < -0.4 is 10.8 Å². The number of hydrogen-bond acceptors (Lipinski definition) is 4. The summed E-state index contributed by atoms with van der Waals surface area (Å²) in [5.41, 5.74) is 2.54. The van der Waals surface area contributed by atoms with E-state index in [-0.39, 0.29) is 12.0 Å². The van der Waals surface area contributed by atoms with Gasteiger partial charge in [-0.3, -0.25) is 9.63 Å². The number of nitrogens with one attached hydrogen (secondary N) is 2. The quantitative estimate of drug-likeness (QED) is 0.807. The van der Waals surface area contributed by atoms with Gasteiger partial charge in [0.1, 0.15) is 0 Å². The van der Waals surface area contributed by atoms with Crippen molar-refractivity contribution in [2.24, 2.45) is 0 Å². The van der Waals surface area contributed by atoms with E-state index in [0.29, 0.717) is 10.9 Å². The molecule has 17 heavy (non-hydrogen) atoms. The Morgan fingerprint density at radius 1 is 1.41 bits per heavy atom. The largest absolute Gasteiger partial charge is 0.317 e. The van der Waals surface area contributed by atoms with Gasteiger partial charge in [-0.25, -0.2) is 5.48 Å². The molecule has 1 amide bonds. The molecule has 0 radical (unpaired) electrons. The van der Waals surface area contributed by atoms with Crippen LogP contribution in [0.1, 0.15) is 35.4 Å². The van der Waals surface area contributed by atoms with Crippen molar-refractivity contribution in [1.29, 1.82) is 0 Å². The molecule has 0 aliphatic heterocycles. The lowest BCUT2D eigenvalue weighted by molar-refractivity contribution is -0.0340. The summed E-state index contributed by atoms with van der Waals surface area (Å²) in [6.07, 6.45) is 4.36. The Morgan fingerprint density at radius 2 is 2.18 bits per heavy atom. The molecule has 0 aromatic carbocycles. The van der Waals surface area contributed by atoms with Gasteiger partial charge < -0.3 is 5.32 Å². The third-order valence-corrected chi connectivity index (χ3v) is 4.01. The van der Waals surface area contributed by atoms with Crippen LogP contribution in [-0.4, -0.2) is 25.1 Å². The van der Waals surface area contributed by atoms with Crippen LogP contribution in [0.5, 0.6) is 0 Å². The Kier molecular flexibility index (Phi) is 4.53. The van der Waals surface area contributed by atoms with Gasteiger partial charge in [0.05, 0.1) is 11.0 Å². The monoisotopic (exact) mass is 254 g/mol. The van der Waals surface area contributed by atoms with E-state index in [9.17, 15) is 4.79 Å². The average molecular weight is 254 g/mol. The van der Waals surface area contributed by atoms with Crippen molar-refractivity contribution in [3.8, 4) is 0 Å². The van der Waals surface area contributed by atoms with Crippen LogP contribution in [0, 0.1) is 0 Å². The summed E-state index contributed by atoms with van der Waals surface area (Å²) in [7, 11) is 1.99. The molecule has 0 atom stereocenters. The fourth-order valence-corrected chi connectivity index (χ4v) is 2.67. The zero-order chi connectivity index (χ0) is 12.1. The van der Waals surface area contributed by atoms with Crippen molar-refractivity contribution in [3.63, 3.8) is 0 Å². The van der Waals surface area contributed by atoms with E-state index in [4.69, 9.17) is 4.84 Å². The molecular weight excluding hydrogens is 236 g/mol. The lowest BCUT2D eigenvalue weighted by atomic mass is 9.93. The molecule has 2 N–H and O–H groups in total. The Hall–Kier alpha value is -0.910. The van der Waals surface area contributed by atoms with Gasteiger partial charge in [0.15, 0.2) is 0 Å². The number of carbonyl (C=O) groups is 1.